The van der Waals surface area contributed by atoms with Crippen LogP contribution in [0.4, 0.5) is 0 Å². The predicted molar refractivity (Wildman–Crippen MR) is 74.7 cm³/mol. The smallest absolute Gasteiger partial charge is 0.345 e. The molecule has 2 rings (SSSR count). The molecule has 24 heavy (non-hydrogen) atoms. The SMILES string of the molecule is C=CC(=O)OCC(=O)OC1C2CC(OS1(=O)=O)C(CC(=O)OC)O2. The van der Waals surface area contributed by atoms with E-state index >= 15 is 0 Å². The maximum absolute atomic E-state index is 12.1. The molecule has 0 aromatic carbocycles. The van der Waals surface area contributed by atoms with Crippen LogP contribution in [0.15, 0.2) is 12.7 Å². The Kier molecular flexibility index (Phi) is 5.57. The first-order chi connectivity index (χ1) is 11.3. The van der Waals surface area contributed by atoms with Crippen LogP contribution in [-0.4, -0.2) is 63.8 Å². The topological polar surface area (TPSA) is 132 Å². The first-order valence-electron chi connectivity index (χ1n) is 6.90. The molecular weight excluding hydrogens is 348 g/mol. The minimum absolute atomic E-state index is 0.130. The highest BCUT2D eigenvalue weighted by Crippen LogP contribution is 2.37. The number of hydrogen-bond donors (Lipinski definition) is 0. The van der Waals surface area contributed by atoms with E-state index in [1.165, 1.54) is 7.11 Å². The Morgan fingerprint density at radius 3 is 2.58 bits per heavy atom. The van der Waals surface area contributed by atoms with Crippen molar-refractivity contribution in [3.05, 3.63) is 12.7 Å². The normalized spacial score (nSPS) is 30.2. The number of fused-ring (bicyclic) bond motifs is 2. The molecule has 0 N–H and O–H groups in total. The van der Waals surface area contributed by atoms with Crippen LogP contribution < -0.4 is 0 Å². The minimum Gasteiger partial charge on any atom is -0.469 e. The van der Waals surface area contributed by atoms with Crippen molar-refractivity contribution < 1.29 is 45.9 Å². The van der Waals surface area contributed by atoms with Crippen molar-refractivity contribution >= 4 is 28.0 Å². The van der Waals surface area contributed by atoms with Crippen LogP contribution in [0.3, 0.4) is 0 Å². The number of hydrogen-bond acceptors (Lipinski definition) is 10. The van der Waals surface area contributed by atoms with Gasteiger partial charge in [-0.3, -0.25) is 8.98 Å². The lowest BCUT2D eigenvalue weighted by molar-refractivity contribution is -0.161. The molecule has 11 heteroatoms. The van der Waals surface area contributed by atoms with Crippen LogP contribution in [0.1, 0.15) is 12.8 Å². The highest BCUT2D eigenvalue weighted by Gasteiger charge is 2.54. The van der Waals surface area contributed by atoms with Gasteiger partial charge in [0.1, 0.15) is 12.2 Å². The second-order valence-corrected chi connectivity index (χ2v) is 6.67. The Morgan fingerprint density at radius 2 is 1.96 bits per heavy atom. The highest BCUT2D eigenvalue weighted by atomic mass is 32.2. The molecule has 10 nitrogen and oxygen atoms in total. The van der Waals surface area contributed by atoms with Gasteiger partial charge >= 0.3 is 28.0 Å². The zero-order valence-electron chi connectivity index (χ0n) is 12.7. The Hall–Kier alpha value is -1.98. The molecule has 0 saturated carbocycles. The average molecular weight is 364 g/mol. The van der Waals surface area contributed by atoms with Gasteiger partial charge in [0.25, 0.3) is 5.44 Å². The summed E-state index contributed by atoms with van der Waals surface area (Å²) in [4.78, 5) is 33.8. The molecule has 4 unspecified atom stereocenters. The van der Waals surface area contributed by atoms with Gasteiger partial charge in [-0.05, 0) is 0 Å². The molecule has 2 fully saturated rings. The van der Waals surface area contributed by atoms with Gasteiger partial charge < -0.3 is 18.9 Å². The van der Waals surface area contributed by atoms with Crippen LogP contribution in [0.25, 0.3) is 0 Å². The van der Waals surface area contributed by atoms with Crippen molar-refractivity contribution in [3.8, 4) is 0 Å². The van der Waals surface area contributed by atoms with Crippen molar-refractivity contribution in [2.75, 3.05) is 13.7 Å². The summed E-state index contributed by atoms with van der Waals surface area (Å²) in [7, 11) is -3.06. The number of rotatable bonds is 6. The molecule has 2 saturated heterocycles. The summed E-state index contributed by atoms with van der Waals surface area (Å²) in [5.74, 6) is -2.52. The molecular formula is C13H16O10S. The van der Waals surface area contributed by atoms with Gasteiger partial charge in [-0.2, -0.15) is 8.42 Å². The quantitative estimate of drug-likeness (QED) is 0.251. The lowest BCUT2D eigenvalue weighted by atomic mass is 10.1. The second-order valence-electron chi connectivity index (χ2n) is 5.03. The summed E-state index contributed by atoms with van der Waals surface area (Å²) in [6.07, 6.45) is -1.87. The number of ether oxygens (including phenoxy) is 4. The summed E-state index contributed by atoms with van der Waals surface area (Å²) in [6, 6.07) is 0. The number of carbonyl (C=O) groups excluding carboxylic acids is 3. The summed E-state index contributed by atoms with van der Waals surface area (Å²) < 4.78 is 48.2. The van der Waals surface area contributed by atoms with Crippen LogP contribution >= 0.6 is 0 Å². The highest BCUT2D eigenvalue weighted by molar-refractivity contribution is 7.87. The zero-order valence-corrected chi connectivity index (χ0v) is 13.5. The molecule has 0 radical (unpaired) electrons. The van der Waals surface area contributed by atoms with E-state index in [4.69, 9.17) is 13.7 Å². The van der Waals surface area contributed by atoms with Crippen LogP contribution in [-0.2, 0) is 47.6 Å². The summed E-state index contributed by atoms with van der Waals surface area (Å²) in [6.45, 7) is 2.37. The molecule has 4 atom stereocenters. The van der Waals surface area contributed by atoms with Gasteiger partial charge in [0.2, 0.25) is 0 Å². The molecule has 2 heterocycles. The van der Waals surface area contributed by atoms with E-state index in [1.807, 2.05) is 0 Å². The number of methoxy groups -OCH3 is 1. The molecule has 2 aliphatic rings. The fourth-order valence-corrected chi connectivity index (χ4v) is 3.78. The Balaban J connectivity index is 2.01. The maximum atomic E-state index is 12.1. The van der Waals surface area contributed by atoms with Crippen molar-refractivity contribution in [1.29, 1.82) is 0 Å². The number of carbonyl (C=O) groups is 3. The number of esters is 3. The van der Waals surface area contributed by atoms with E-state index in [9.17, 15) is 22.8 Å². The third-order valence-electron chi connectivity index (χ3n) is 3.42. The van der Waals surface area contributed by atoms with Gasteiger partial charge in [0, 0.05) is 12.5 Å². The Labute approximate surface area is 137 Å². The summed E-state index contributed by atoms with van der Waals surface area (Å²) in [5.41, 5.74) is -1.70. The van der Waals surface area contributed by atoms with Crippen molar-refractivity contribution in [1.82, 2.24) is 0 Å². The standard InChI is InChI=1S/C13H16O10S/c1-3-10(14)20-6-12(16)22-13-9-4-8(23-24(13,17)18)7(21-9)5-11(15)19-2/h3,7-9,13H,1,4-6H2,2H3. The Morgan fingerprint density at radius 1 is 1.25 bits per heavy atom. The van der Waals surface area contributed by atoms with Gasteiger partial charge in [-0.25, -0.2) is 9.59 Å². The molecule has 0 amide bonds. The molecule has 0 aromatic heterocycles. The fourth-order valence-electron chi connectivity index (χ4n) is 2.35. The fraction of sp³-hybridized carbons (Fsp3) is 0.615. The minimum atomic E-state index is -4.25. The predicted octanol–water partition coefficient (Wildman–Crippen LogP) is -0.966. The van der Waals surface area contributed by atoms with Gasteiger partial charge in [0.05, 0.1) is 19.6 Å². The van der Waals surface area contributed by atoms with E-state index in [1.54, 1.807) is 0 Å². The largest absolute Gasteiger partial charge is 0.469 e. The molecule has 134 valence electrons. The first-order valence-corrected chi connectivity index (χ1v) is 8.37. The maximum Gasteiger partial charge on any atom is 0.345 e. The third kappa shape index (κ3) is 4.10. The van der Waals surface area contributed by atoms with E-state index in [-0.39, 0.29) is 12.8 Å². The monoisotopic (exact) mass is 364 g/mol. The van der Waals surface area contributed by atoms with Gasteiger partial charge in [-0.15, -0.1) is 0 Å². The van der Waals surface area contributed by atoms with Crippen molar-refractivity contribution in [3.63, 3.8) is 0 Å². The van der Waals surface area contributed by atoms with Gasteiger partial charge in [-0.1, -0.05) is 6.58 Å². The van der Waals surface area contributed by atoms with Crippen LogP contribution in [0.2, 0.25) is 0 Å². The summed E-state index contributed by atoms with van der Waals surface area (Å²) >= 11 is 0. The second kappa shape index (κ2) is 7.28. The van der Waals surface area contributed by atoms with Crippen LogP contribution in [0, 0.1) is 0 Å². The zero-order chi connectivity index (χ0) is 17.9. The van der Waals surface area contributed by atoms with Crippen LogP contribution in [0.5, 0.6) is 0 Å². The lowest BCUT2D eigenvalue weighted by Crippen LogP contribution is -2.44. The van der Waals surface area contributed by atoms with E-state index in [0.29, 0.717) is 0 Å². The van der Waals surface area contributed by atoms with E-state index in [2.05, 4.69) is 16.1 Å². The average Bonchev–Trinajstić information content (AvgIpc) is 2.86. The third-order valence-corrected chi connectivity index (χ3v) is 4.90. The molecule has 0 aromatic rings. The molecule has 0 spiro atoms. The van der Waals surface area contributed by atoms with E-state index < -0.39 is 58.4 Å². The molecule has 0 aliphatic carbocycles. The molecule has 2 aliphatic heterocycles. The van der Waals surface area contributed by atoms with Crippen molar-refractivity contribution in [2.45, 2.75) is 36.6 Å². The molecule has 2 bridgehead atoms. The van der Waals surface area contributed by atoms with Crippen molar-refractivity contribution in [2.24, 2.45) is 0 Å². The summed E-state index contributed by atoms with van der Waals surface area (Å²) in [5, 5.41) is 0. The first kappa shape index (κ1) is 18.4. The van der Waals surface area contributed by atoms with E-state index in [0.717, 1.165) is 6.08 Å². The Bertz CT molecular complexity index is 639. The van der Waals surface area contributed by atoms with Gasteiger partial charge in [0.15, 0.2) is 6.61 Å². The lowest BCUT2D eigenvalue weighted by Gasteiger charge is -2.26.